The van der Waals surface area contributed by atoms with Crippen LogP contribution in [-0.2, 0) is 0 Å². The minimum atomic E-state index is 0.0871. The molecular formula is C19H24N4O3. The van der Waals surface area contributed by atoms with Crippen molar-refractivity contribution in [3.05, 3.63) is 29.5 Å². The van der Waals surface area contributed by atoms with Crippen molar-refractivity contribution < 1.29 is 14.6 Å². The molecule has 0 saturated heterocycles. The molecule has 7 nitrogen and oxygen atoms in total. The van der Waals surface area contributed by atoms with Gasteiger partial charge < -0.3 is 26.0 Å². The van der Waals surface area contributed by atoms with Crippen molar-refractivity contribution in [2.45, 2.75) is 32.6 Å². The molecule has 26 heavy (non-hydrogen) atoms. The van der Waals surface area contributed by atoms with Crippen LogP contribution in [0.3, 0.4) is 0 Å². The van der Waals surface area contributed by atoms with E-state index >= 15 is 0 Å². The van der Waals surface area contributed by atoms with Crippen molar-refractivity contribution in [3.8, 4) is 29.1 Å². The third kappa shape index (κ3) is 4.77. The highest BCUT2D eigenvalue weighted by Gasteiger charge is 2.16. The van der Waals surface area contributed by atoms with E-state index in [1.807, 2.05) is 12.1 Å². The first-order chi connectivity index (χ1) is 12.5. The maximum absolute atomic E-state index is 8.87. The van der Waals surface area contributed by atoms with Gasteiger partial charge in [0.15, 0.2) is 11.6 Å². The van der Waals surface area contributed by atoms with E-state index in [1.165, 1.54) is 6.20 Å². The smallest absolute Gasteiger partial charge is 0.222 e. The number of unbranched alkanes of at least 4 members (excludes halogenated alkanes) is 1. The fourth-order valence-electron chi connectivity index (χ4n) is 2.30. The average molecular weight is 356 g/mol. The number of nitrogens with zero attached hydrogens (tertiary/aromatic N) is 2. The van der Waals surface area contributed by atoms with Gasteiger partial charge in [-0.05, 0) is 18.4 Å². The molecule has 1 aromatic carbocycles. The highest BCUT2D eigenvalue weighted by atomic mass is 16.5. The quantitative estimate of drug-likeness (QED) is 0.538. The first-order valence-electron chi connectivity index (χ1n) is 8.33. The lowest BCUT2D eigenvalue weighted by molar-refractivity contribution is 0.290. The topological polar surface area (TPSA) is 117 Å². The van der Waals surface area contributed by atoms with Gasteiger partial charge in [-0.1, -0.05) is 25.7 Å². The molecule has 0 fully saturated rings. The highest BCUT2D eigenvalue weighted by Crippen LogP contribution is 2.37. The normalized spacial score (nSPS) is 10.3. The number of hydrogen-bond acceptors (Lipinski definition) is 7. The molecule has 0 amide bonds. The first-order valence-corrected chi connectivity index (χ1v) is 8.33. The lowest BCUT2D eigenvalue weighted by Gasteiger charge is -2.17. The van der Waals surface area contributed by atoms with Crippen molar-refractivity contribution in [2.75, 3.05) is 25.2 Å². The monoisotopic (exact) mass is 356 g/mol. The van der Waals surface area contributed by atoms with E-state index in [9.17, 15) is 0 Å². The minimum Gasteiger partial charge on any atom is -0.495 e. The molecule has 138 valence electrons. The second-order valence-corrected chi connectivity index (χ2v) is 5.95. The minimum absolute atomic E-state index is 0.0871. The summed E-state index contributed by atoms with van der Waals surface area (Å²) in [5, 5.41) is 8.87. The zero-order chi connectivity index (χ0) is 19.1. The van der Waals surface area contributed by atoms with E-state index in [0.717, 1.165) is 5.56 Å². The fraction of sp³-hybridized carbons (Fsp3) is 0.368. The van der Waals surface area contributed by atoms with Crippen LogP contribution in [0.15, 0.2) is 18.3 Å². The third-order valence-electron chi connectivity index (χ3n) is 3.66. The third-order valence-corrected chi connectivity index (χ3v) is 3.66. The Morgan fingerprint density at radius 3 is 2.58 bits per heavy atom. The van der Waals surface area contributed by atoms with Gasteiger partial charge in [0.1, 0.15) is 11.5 Å². The van der Waals surface area contributed by atoms with Crippen molar-refractivity contribution in [1.29, 1.82) is 0 Å². The molecule has 0 spiro atoms. The molecule has 0 atom stereocenters. The van der Waals surface area contributed by atoms with Crippen LogP contribution in [-0.4, -0.2) is 28.8 Å². The zero-order valence-electron chi connectivity index (χ0n) is 15.2. The molecule has 7 heteroatoms. The van der Waals surface area contributed by atoms with Crippen LogP contribution < -0.4 is 20.9 Å². The maximum Gasteiger partial charge on any atom is 0.222 e. The van der Waals surface area contributed by atoms with Crippen molar-refractivity contribution in [1.82, 2.24) is 9.97 Å². The summed E-state index contributed by atoms with van der Waals surface area (Å²) in [7, 11) is 1.60. The molecule has 0 radical (unpaired) electrons. The van der Waals surface area contributed by atoms with Crippen molar-refractivity contribution in [3.63, 3.8) is 0 Å². The number of nitrogen functional groups attached to an aromatic ring is 2. The number of anilines is 2. The number of benzene rings is 1. The molecule has 0 aliphatic carbocycles. The summed E-state index contributed by atoms with van der Waals surface area (Å²) in [6.07, 6.45) is 2.67. The number of aliphatic hydroxyl groups excluding tert-OH is 1. The summed E-state index contributed by atoms with van der Waals surface area (Å²) in [5.74, 6) is 8.12. The van der Waals surface area contributed by atoms with E-state index in [1.54, 1.807) is 7.11 Å². The van der Waals surface area contributed by atoms with Gasteiger partial charge in [0.2, 0.25) is 5.95 Å². The van der Waals surface area contributed by atoms with Crippen LogP contribution in [0.4, 0.5) is 11.8 Å². The predicted molar refractivity (Wildman–Crippen MR) is 101 cm³/mol. The molecule has 0 saturated carbocycles. The molecule has 0 bridgehead atoms. The number of hydrogen-bond donors (Lipinski definition) is 3. The number of aromatic nitrogens is 2. The van der Waals surface area contributed by atoms with Crippen LogP contribution >= 0.6 is 0 Å². The number of methoxy groups -OCH3 is 1. The summed E-state index contributed by atoms with van der Waals surface area (Å²) >= 11 is 0. The van der Waals surface area contributed by atoms with Crippen molar-refractivity contribution in [2.24, 2.45) is 0 Å². The Balaban J connectivity index is 2.45. The summed E-state index contributed by atoms with van der Waals surface area (Å²) in [4.78, 5) is 7.84. The summed E-state index contributed by atoms with van der Waals surface area (Å²) in [6, 6.07) is 3.72. The Morgan fingerprint density at radius 2 is 1.96 bits per heavy atom. The SMILES string of the molecule is COc1cc(C(C)C)c(Oc2cnc(N)nc2N)cc1C#CCCCO. The molecule has 2 rings (SSSR count). The van der Waals surface area contributed by atoms with Crippen LogP contribution in [0.2, 0.25) is 0 Å². The Labute approximate surface area is 153 Å². The summed E-state index contributed by atoms with van der Waals surface area (Å²) in [5.41, 5.74) is 13.0. The second kappa shape index (κ2) is 8.92. The maximum atomic E-state index is 8.87. The molecular weight excluding hydrogens is 332 g/mol. The van der Waals surface area contributed by atoms with Gasteiger partial charge in [0.05, 0.1) is 18.9 Å². The number of nitrogens with two attached hydrogens (primary N) is 2. The van der Waals surface area contributed by atoms with Crippen LogP contribution in [0, 0.1) is 11.8 Å². The van der Waals surface area contributed by atoms with Gasteiger partial charge in [0, 0.05) is 24.7 Å². The van der Waals surface area contributed by atoms with E-state index in [2.05, 4.69) is 35.7 Å². The number of ether oxygens (including phenoxy) is 2. The average Bonchev–Trinajstić information content (AvgIpc) is 2.61. The van der Waals surface area contributed by atoms with Gasteiger partial charge in [-0.2, -0.15) is 4.98 Å². The fourth-order valence-corrected chi connectivity index (χ4v) is 2.30. The highest BCUT2D eigenvalue weighted by molar-refractivity contribution is 5.57. The largest absolute Gasteiger partial charge is 0.495 e. The van der Waals surface area contributed by atoms with E-state index < -0.39 is 0 Å². The lowest BCUT2D eigenvalue weighted by Crippen LogP contribution is -2.03. The number of rotatable bonds is 6. The van der Waals surface area contributed by atoms with Gasteiger partial charge in [-0.25, -0.2) is 4.98 Å². The molecule has 0 unspecified atom stereocenters. The number of aliphatic hydroxyl groups is 1. The van der Waals surface area contributed by atoms with Crippen molar-refractivity contribution >= 4 is 11.8 Å². The Kier molecular flexibility index (Phi) is 6.64. The Hall–Kier alpha value is -2.98. The molecule has 5 N–H and O–H groups in total. The van der Waals surface area contributed by atoms with Gasteiger partial charge >= 0.3 is 0 Å². The van der Waals surface area contributed by atoms with E-state index in [-0.39, 0.29) is 24.3 Å². The van der Waals surface area contributed by atoms with Crippen LogP contribution in [0.25, 0.3) is 0 Å². The van der Waals surface area contributed by atoms with Gasteiger partial charge in [-0.3, -0.25) is 0 Å². The molecule has 0 aliphatic rings. The molecule has 2 aromatic rings. The standard InChI is InChI=1S/C19H24N4O3/c1-12(2)14-10-15(25-3)13(7-5-4-6-8-24)9-16(14)26-17-11-22-19(21)23-18(17)20/h9-12,24H,4,6,8H2,1-3H3,(H4,20,21,22,23). The summed E-state index contributed by atoms with van der Waals surface area (Å²) < 4.78 is 11.4. The van der Waals surface area contributed by atoms with E-state index in [4.69, 9.17) is 26.0 Å². The first kappa shape index (κ1) is 19.3. The van der Waals surface area contributed by atoms with E-state index in [0.29, 0.717) is 35.7 Å². The zero-order valence-corrected chi connectivity index (χ0v) is 15.2. The Morgan fingerprint density at radius 1 is 1.19 bits per heavy atom. The second-order valence-electron chi connectivity index (χ2n) is 5.95. The summed E-state index contributed by atoms with van der Waals surface area (Å²) in [6.45, 7) is 4.22. The van der Waals surface area contributed by atoms with Crippen LogP contribution in [0.5, 0.6) is 17.2 Å². The molecule has 1 heterocycles. The lowest BCUT2D eigenvalue weighted by atomic mass is 9.99. The molecule has 1 aromatic heterocycles. The van der Waals surface area contributed by atoms with Crippen LogP contribution in [0.1, 0.15) is 43.7 Å². The Bertz CT molecular complexity index is 826. The van der Waals surface area contributed by atoms with Gasteiger partial charge in [0.25, 0.3) is 0 Å². The predicted octanol–water partition coefficient (Wildman–Crippen LogP) is 2.69. The molecule has 0 aliphatic heterocycles. The van der Waals surface area contributed by atoms with Gasteiger partial charge in [-0.15, -0.1) is 0 Å².